The monoisotopic (exact) mass is 246 g/mol. The highest BCUT2D eigenvalue weighted by Crippen LogP contribution is 2.38. The summed E-state index contributed by atoms with van der Waals surface area (Å²) in [5, 5.41) is 2.10. The van der Waals surface area contributed by atoms with E-state index in [2.05, 4.69) is 23.6 Å². The number of rotatable bonds is 3. The first kappa shape index (κ1) is 10.8. The van der Waals surface area contributed by atoms with Gasteiger partial charge in [-0.3, -0.25) is 0 Å². The van der Waals surface area contributed by atoms with E-state index in [0.717, 1.165) is 12.2 Å². The summed E-state index contributed by atoms with van der Waals surface area (Å²) in [4.78, 5) is 1.29. The maximum absolute atomic E-state index is 5.77. The number of fused-ring (bicyclic) bond motifs is 1. The summed E-state index contributed by atoms with van der Waals surface area (Å²) in [5.74, 6) is 0.967. The first-order valence-electron chi connectivity index (χ1n) is 5.82. The van der Waals surface area contributed by atoms with Gasteiger partial charge in [0, 0.05) is 23.5 Å². The Morgan fingerprint density at radius 2 is 2.29 bits per heavy atom. The van der Waals surface area contributed by atoms with Crippen LogP contribution in [0.4, 0.5) is 0 Å². The summed E-state index contributed by atoms with van der Waals surface area (Å²) in [6, 6.07) is 10.4. The molecule has 0 amide bonds. The average molecular weight is 246 g/mol. The molecule has 3 heteroatoms. The standard InChI is InChI=1S/C14H14O2S/c1-2-15-14-9-11-10(13-7-4-8-17-13)5-3-6-12(11)16-14/h3-8,14H,2,9H2,1H3. The van der Waals surface area contributed by atoms with E-state index in [1.54, 1.807) is 11.3 Å². The molecule has 3 rings (SSSR count). The van der Waals surface area contributed by atoms with Crippen LogP contribution in [0.5, 0.6) is 5.75 Å². The summed E-state index contributed by atoms with van der Waals surface area (Å²) < 4.78 is 11.3. The van der Waals surface area contributed by atoms with Gasteiger partial charge in [0.25, 0.3) is 0 Å². The highest BCUT2D eigenvalue weighted by Gasteiger charge is 2.25. The number of thiophene rings is 1. The Kier molecular flexibility index (Phi) is 2.87. The van der Waals surface area contributed by atoms with Crippen LogP contribution < -0.4 is 4.74 Å². The van der Waals surface area contributed by atoms with Gasteiger partial charge in [0.15, 0.2) is 0 Å². The molecule has 2 nitrogen and oxygen atoms in total. The minimum Gasteiger partial charge on any atom is -0.464 e. The molecule has 1 aromatic carbocycles. The second-order valence-electron chi connectivity index (χ2n) is 3.97. The molecule has 0 N–H and O–H groups in total. The molecule has 2 aromatic rings. The number of benzene rings is 1. The zero-order chi connectivity index (χ0) is 11.7. The van der Waals surface area contributed by atoms with Gasteiger partial charge < -0.3 is 9.47 Å². The fourth-order valence-electron chi connectivity index (χ4n) is 2.18. The first-order valence-corrected chi connectivity index (χ1v) is 6.70. The van der Waals surface area contributed by atoms with E-state index in [9.17, 15) is 0 Å². The Bertz CT molecular complexity index is 505. The van der Waals surface area contributed by atoms with Crippen molar-refractivity contribution in [2.75, 3.05) is 6.61 Å². The third kappa shape index (κ3) is 1.96. The van der Waals surface area contributed by atoms with E-state index in [0.29, 0.717) is 6.61 Å². The molecule has 1 aromatic heterocycles. The lowest BCUT2D eigenvalue weighted by atomic mass is 10.0. The van der Waals surface area contributed by atoms with Crippen molar-refractivity contribution in [2.45, 2.75) is 19.6 Å². The molecule has 0 aliphatic carbocycles. The summed E-state index contributed by atoms with van der Waals surface area (Å²) in [5.41, 5.74) is 2.55. The molecule has 0 bridgehead atoms. The number of hydrogen-bond donors (Lipinski definition) is 0. The summed E-state index contributed by atoms with van der Waals surface area (Å²) in [6.07, 6.45) is 0.730. The topological polar surface area (TPSA) is 18.5 Å². The van der Waals surface area contributed by atoms with Crippen molar-refractivity contribution in [1.29, 1.82) is 0 Å². The molecule has 1 unspecified atom stereocenters. The molecule has 1 aliphatic rings. The summed E-state index contributed by atoms with van der Waals surface area (Å²) in [7, 11) is 0. The third-order valence-corrected chi connectivity index (χ3v) is 3.80. The van der Waals surface area contributed by atoms with Crippen molar-refractivity contribution >= 4 is 11.3 Å². The van der Waals surface area contributed by atoms with Crippen LogP contribution >= 0.6 is 11.3 Å². The van der Waals surface area contributed by atoms with Crippen LogP contribution in [0.1, 0.15) is 12.5 Å². The second kappa shape index (κ2) is 4.51. The Morgan fingerprint density at radius 3 is 3.06 bits per heavy atom. The molecule has 17 heavy (non-hydrogen) atoms. The molecule has 0 fully saturated rings. The quantitative estimate of drug-likeness (QED) is 0.822. The predicted octanol–water partition coefficient (Wildman–Crippen LogP) is 3.71. The Hall–Kier alpha value is -1.32. The molecular formula is C14H14O2S. The zero-order valence-corrected chi connectivity index (χ0v) is 10.5. The highest BCUT2D eigenvalue weighted by molar-refractivity contribution is 7.13. The Morgan fingerprint density at radius 1 is 1.35 bits per heavy atom. The minimum atomic E-state index is -0.115. The Balaban J connectivity index is 1.97. The lowest BCUT2D eigenvalue weighted by Gasteiger charge is -2.08. The maximum atomic E-state index is 5.77. The minimum absolute atomic E-state index is 0.115. The van der Waals surface area contributed by atoms with E-state index < -0.39 is 0 Å². The van der Waals surface area contributed by atoms with Gasteiger partial charge >= 0.3 is 0 Å². The van der Waals surface area contributed by atoms with Crippen LogP contribution in [-0.2, 0) is 11.2 Å². The van der Waals surface area contributed by atoms with Gasteiger partial charge in [0.1, 0.15) is 5.75 Å². The predicted molar refractivity (Wildman–Crippen MR) is 69.5 cm³/mol. The molecule has 1 atom stereocenters. The molecular weight excluding hydrogens is 232 g/mol. The van der Waals surface area contributed by atoms with Crippen molar-refractivity contribution < 1.29 is 9.47 Å². The lowest BCUT2D eigenvalue weighted by Crippen LogP contribution is -2.17. The molecule has 1 aliphatic heterocycles. The van der Waals surface area contributed by atoms with E-state index in [4.69, 9.17) is 9.47 Å². The summed E-state index contributed by atoms with van der Waals surface area (Å²) in [6.45, 7) is 2.68. The second-order valence-corrected chi connectivity index (χ2v) is 4.91. The van der Waals surface area contributed by atoms with Crippen molar-refractivity contribution in [3.8, 4) is 16.2 Å². The van der Waals surface area contributed by atoms with E-state index in [1.807, 2.05) is 19.1 Å². The molecule has 0 spiro atoms. The van der Waals surface area contributed by atoms with Crippen molar-refractivity contribution in [3.05, 3.63) is 41.3 Å². The van der Waals surface area contributed by atoms with Crippen LogP contribution in [0.15, 0.2) is 35.7 Å². The van der Waals surface area contributed by atoms with Crippen LogP contribution in [0.25, 0.3) is 10.4 Å². The van der Waals surface area contributed by atoms with Gasteiger partial charge in [-0.2, -0.15) is 0 Å². The maximum Gasteiger partial charge on any atom is 0.204 e. The van der Waals surface area contributed by atoms with Gasteiger partial charge in [-0.1, -0.05) is 18.2 Å². The van der Waals surface area contributed by atoms with Crippen LogP contribution in [-0.4, -0.2) is 12.9 Å². The van der Waals surface area contributed by atoms with Crippen LogP contribution in [0, 0.1) is 0 Å². The number of hydrogen-bond acceptors (Lipinski definition) is 3. The smallest absolute Gasteiger partial charge is 0.204 e. The molecule has 0 saturated carbocycles. The fourth-order valence-corrected chi connectivity index (χ4v) is 2.96. The normalized spacial score (nSPS) is 17.8. The highest BCUT2D eigenvalue weighted by atomic mass is 32.1. The van der Waals surface area contributed by atoms with E-state index >= 15 is 0 Å². The summed E-state index contributed by atoms with van der Waals surface area (Å²) >= 11 is 1.76. The van der Waals surface area contributed by atoms with Gasteiger partial charge in [0.05, 0.1) is 0 Å². The largest absolute Gasteiger partial charge is 0.464 e. The van der Waals surface area contributed by atoms with Gasteiger partial charge in [0.2, 0.25) is 6.29 Å². The molecule has 2 heterocycles. The van der Waals surface area contributed by atoms with E-state index in [1.165, 1.54) is 16.0 Å². The zero-order valence-electron chi connectivity index (χ0n) is 9.68. The van der Waals surface area contributed by atoms with Gasteiger partial charge in [-0.05, 0) is 30.0 Å². The number of ether oxygens (including phenoxy) is 2. The SMILES string of the molecule is CCOC1Cc2c(cccc2-c2cccs2)O1. The van der Waals surface area contributed by atoms with Crippen LogP contribution in [0.3, 0.4) is 0 Å². The third-order valence-electron chi connectivity index (χ3n) is 2.90. The van der Waals surface area contributed by atoms with Crippen molar-refractivity contribution in [1.82, 2.24) is 0 Å². The molecule has 0 saturated heterocycles. The lowest BCUT2D eigenvalue weighted by molar-refractivity contribution is -0.0602. The van der Waals surface area contributed by atoms with Crippen molar-refractivity contribution in [3.63, 3.8) is 0 Å². The first-order chi connectivity index (χ1) is 8.38. The average Bonchev–Trinajstić information content (AvgIpc) is 2.97. The van der Waals surface area contributed by atoms with Crippen molar-refractivity contribution in [2.24, 2.45) is 0 Å². The Labute approximate surface area is 105 Å². The molecule has 88 valence electrons. The fraction of sp³-hybridized carbons (Fsp3) is 0.286. The molecule has 0 radical (unpaired) electrons. The van der Waals surface area contributed by atoms with Gasteiger partial charge in [-0.15, -0.1) is 11.3 Å². The van der Waals surface area contributed by atoms with Crippen LogP contribution in [0.2, 0.25) is 0 Å². The van der Waals surface area contributed by atoms with E-state index in [-0.39, 0.29) is 6.29 Å². The van der Waals surface area contributed by atoms with Gasteiger partial charge in [-0.25, -0.2) is 0 Å².